The highest BCUT2D eigenvalue weighted by molar-refractivity contribution is 7.85. The standard InChI is InChI=1S/C9H20N2OS/c10-4-2-1-3-5-11-6-8-13(12)9-7-11/h1-10H2. The lowest BCUT2D eigenvalue weighted by atomic mass is 10.2. The molecule has 0 saturated carbocycles. The molecule has 0 atom stereocenters. The Kier molecular flexibility index (Phi) is 5.58. The Morgan fingerprint density at radius 3 is 2.46 bits per heavy atom. The van der Waals surface area contributed by atoms with Gasteiger partial charge in [0.25, 0.3) is 0 Å². The van der Waals surface area contributed by atoms with Crippen molar-refractivity contribution in [3.05, 3.63) is 0 Å². The lowest BCUT2D eigenvalue weighted by molar-refractivity contribution is 0.292. The predicted molar refractivity (Wildman–Crippen MR) is 57.2 cm³/mol. The van der Waals surface area contributed by atoms with Gasteiger partial charge in [-0.15, -0.1) is 0 Å². The zero-order valence-electron chi connectivity index (χ0n) is 8.21. The van der Waals surface area contributed by atoms with Gasteiger partial charge in [-0.05, 0) is 25.9 Å². The Balaban J connectivity index is 1.99. The molecule has 1 heterocycles. The van der Waals surface area contributed by atoms with Crippen molar-refractivity contribution in [2.45, 2.75) is 19.3 Å². The molecule has 78 valence electrons. The highest BCUT2D eigenvalue weighted by atomic mass is 32.2. The van der Waals surface area contributed by atoms with E-state index in [1.165, 1.54) is 12.8 Å². The lowest BCUT2D eigenvalue weighted by Crippen LogP contribution is -2.38. The van der Waals surface area contributed by atoms with Crippen molar-refractivity contribution < 1.29 is 4.21 Å². The number of nitrogens with two attached hydrogens (primary N) is 1. The predicted octanol–water partition coefficient (Wildman–Crippen LogP) is 0.180. The van der Waals surface area contributed by atoms with E-state index in [0.717, 1.165) is 44.1 Å². The summed E-state index contributed by atoms with van der Waals surface area (Å²) in [5, 5.41) is 0. The minimum Gasteiger partial charge on any atom is -0.330 e. The van der Waals surface area contributed by atoms with Gasteiger partial charge in [-0.25, -0.2) is 0 Å². The average Bonchev–Trinajstić information content (AvgIpc) is 2.15. The van der Waals surface area contributed by atoms with Gasteiger partial charge in [0.2, 0.25) is 0 Å². The molecule has 0 unspecified atom stereocenters. The van der Waals surface area contributed by atoms with Gasteiger partial charge < -0.3 is 10.6 Å². The second kappa shape index (κ2) is 6.51. The van der Waals surface area contributed by atoms with Crippen LogP contribution in [0.1, 0.15) is 19.3 Å². The molecule has 0 spiro atoms. The first kappa shape index (κ1) is 11.1. The fourth-order valence-electron chi connectivity index (χ4n) is 1.56. The maximum atomic E-state index is 11.1. The number of hydrogen-bond acceptors (Lipinski definition) is 3. The molecule has 3 nitrogen and oxygen atoms in total. The van der Waals surface area contributed by atoms with Crippen LogP contribution in [0.3, 0.4) is 0 Å². The van der Waals surface area contributed by atoms with Crippen LogP contribution in [0.25, 0.3) is 0 Å². The third-order valence-corrected chi connectivity index (χ3v) is 3.72. The molecule has 1 rings (SSSR count). The SMILES string of the molecule is NCCCCCN1CCS(=O)CC1. The minimum absolute atomic E-state index is 0.531. The first-order valence-electron chi connectivity index (χ1n) is 5.10. The fraction of sp³-hybridized carbons (Fsp3) is 1.00. The Morgan fingerprint density at radius 1 is 1.15 bits per heavy atom. The summed E-state index contributed by atoms with van der Waals surface area (Å²) in [6, 6.07) is 0. The van der Waals surface area contributed by atoms with Crippen LogP contribution in [-0.4, -0.2) is 46.8 Å². The summed E-state index contributed by atoms with van der Waals surface area (Å²) in [4.78, 5) is 2.41. The second-order valence-corrected chi connectivity index (χ2v) is 5.24. The zero-order chi connectivity index (χ0) is 9.52. The molecule has 1 saturated heterocycles. The van der Waals surface area contributed by atoms with Crippen LogP contribution >= 0.6 is 0 Å². The molecule has 1 aliphatic heterocycles. The van der Waals surface area contributed by atoms with E-state index in [4.69, 9.17) is 5.73 Å². The monoisotopic (exact) mass is 204 g/mol. The van der Waals surface area contributed by atoms with Crippen LogP contribution in [-0.2, 0) is 10.8 Å². The molecule has 1 fully saturated rings. The maximum absolute atomic E-state index is 11.1. The van der Waals surface area contributed by atoms with Gasteiger partial charge in [-0.3, -0.25) is 4.21 Å². The summed E-state index contributed by atoms with van der Waals surface area (Å²) in [6.45, 7) is 4.02. The number of hydrogen-bond donors (Lipinski definition) is 1. The largest absolute Gasteiger partial charge is 0.330 e. The van der Waals surface area contributed by atoms with Crippen molar-refractivity contribution in [1.29, 1.82) is 0 Å². The van der Waals surface area contributed by atoms with Crippen molar-refractivity contribution in [1.82, 2.24) is 4.90 Å². The van der Waals surface area contributed by atoms with Crippen molar-refractivity contribution in [2.75, 3.05) is 37.7 Å². The molecule has 0 aromatic heterocycles. The van der Waals surface area contributed by atoms with E-state index in [9.17, 15) is 4.21 Å². The third-order valence-electron chi connectivity index (χ3n) is 2.45. The number of rotatable bonds is 5. The first-order chi connectivity index (χ1) is 6.33. The van der Waals surface area contributed by atoms with E-state index >= 15 is 0 Å². The zero-order valence-corrected chi connectivity index (χ0v) is 9.02. The van der Waals surface area contributed by atoms with Gasteiger partial charge in [0, 0.05) is 35.4 Å². The normalized spacial score (nSPS) is 20.7. The maximum Gasteiger partial charge on any atom is 0.0363 e. The Labute approximate surface area is 83.1 Å². The van der Waals surface area contributed by atoms with E-state index in [0.29, 0.717) is 0 Å². The van der Waals surface area contributed by atoms with Crippen LogP contribution in [0.2, 0.25) is 0 Å². The topological polar surface area (TPSA) is 46.3 Å². The quantitative estimate of drug-likeness (QED) is 0.650. The third kappa shape index (κ3) is 4.74. The average molecular weight is 204 g/mol. The van der Waals surface area contributed by atoms with E-state index < -0.39 is 10.8 Å². The van der Waals surface area contributed by atoms with E-state index in [1.807, 2.05) is 0 Å². The second-order valence-electron chi connectivity index (χ2n) is 3.54. The van der Waals surface area contributed by atoms with Crippen molar-refractivity contribution in [3.8, 4) is 0 Å². The van der Waals surface area contributed by atoms with E-state index in [2.05, 4.69) is 4.90 Å². The molecule has 0 aliphatic carbocycles. The Bertz CT molecular complexity index is 154. The highest BCUT2D eigenvalue weighted by Crippen LogP contribution is 2.03. The smallest absolute Gasteiger partial charge is 0.0363 e. The molecule has 0 amide bonds. The molecule has 1 aliphatic rings. The molecular formula is C9H20N2OS. The molecule has 0 bridgehead atoms. The van der Waals surface area contributed by atoms with E-state index in [-0.39, 0.29) is 0 Å². The van der Waals surface area contributed by atoms with Gasteiger partial charge in [0.15, 0.2) is 0 Å². The van der Waals surface area contributed by atoms with Crippen LogP contribution in [0.15, 0.2) is 0 Å². The molecular weight excluding hydrogens is 184 g/mol. The molecule has 13 heavy (non-hydrogen) atoms. The van der Waals surface area contributed by atoms with Crippen molar-refractivity contribution >= 4 is 10.8 Å². The molecule has 0 aromatic rings. The molecule has 0 aromatic carbocycles. The minimum atomic E-state index is -0.531. The molecule has 2 N–H and O–H groups in total. The van der Waals surface area contributed by atoms with Crippen LogP contribution < -0.4 is 5.73 Å². The first-order valence-corrected chi connectivity index (χ1v) is 6.59. The van der Waals surface area contributed by atoms with Gasteiger partial charge in [-0.1, -0.05) is 6.42 Å². The van der Waals surface area contributed by atoms with E-state index in [1.54, 1.807) is 0 Å². The molecule has 4 heteroatoms. The van der Waals surface area contributed by atoms with Crippen LogP contribution in [0, 0.1) is 0 Å². The lowest BCUT2D eigenvalue weighted by Gasteiger charge is -2.25. The van der Waals surface area contributed by atoms with Crippen molar-refractivity contribution in [2.24, 2.45) is 5.73 Å². The van der Waals surface area contributed by atoms with Crippen molar-refractivity contribution in [3.63, 3.8) is 0 Å². The Hall–Kier alpha value is 0.0700. The highest BCUT2D eigenvalue weighted by Gasteiger charge is 2.13. The summed E-state index contributed by atoms with van der Waals surface area (Å²) < 4.78 is 11.1. The number of nitrogens with zero attached hydrogens (tertiary/aromatic N) is 1. The summed E-state index contributed by atoms with van der Waals surface area (Å²) in [7, 11) is -0.531. The van der Waals surface area contributed by atoms with Gasteiger partial charge in [0.1, 0.15) is 0 Å². The van der Waals surface area contributed by atoms with Crippen LogP contribution in [0.5, 0.6) is 0 Å². The van der Waals surface area contributed by atoms with Gasteiger partial charge >= 0.3 is 0 Å². The summed E-state index contributed by atoms with van der Waals surface area (Å²) in [5.74, 6) is 1.74. The van der Waals surface area contributed by atoms with Crippen LogP contribution in [0.4, 0.5) is 0 Å². The summed E-state index contributed by atoms with van der Waals surface area (Å²) in [6.07, 6.45) is 3.61. The van der Waals surface area contributed by atoms with Gasteiger partial charge in [-0.2, -0.15) is 0 Å². The summed E-state index contributed by atoms with van der Waals surface area (Å²) in [5.41, 5.74) is 5.41. The van der Waals surface area contributed by atoms with Gasteiger partial charge in [0.05, 0.1) is 0 Å². The Morgan fingerprint density at radius 2 is 1.85 bits per heavy atom. The summed E-state index contributed by atoms with van der Waals surface area (Å²) >= 11 is 0. The fourth-order valence-corrected chi connectivity index (χ4v) is 2.68. The molecule has 0 radical (unpaired) electrons. The number of unbranched alkanes of at least 4 members (excludes halogenated alkanes) is 2.